The van der Waals surface area contributed by atoms with Crippen molar-refractivity contribution in [2.45, 2.75) is 71.8 Å². The Morgan fingerprint density at radius 2 is 1.14 bits per heavy atom. The third-order valence-corrected chi connectivity index (χ3v) is 9.09. The molecule has 0 amide bonds. The maximum absolute atomic E-state index is 7.40. The fourth-order valence-electron chi connectivity index (χ4n) is 6.52. The molecular formula is C43H44O. The molecule has 5 aromatic carbocycles. The average molecular weight is 577 g/mol. The van der Waals surface area contributed by atoms with Gasteiger partial charge in [-0.1, -0.05) is 151 Å². The molecule has 0 N–H and O–H groups in total. The highest BCUT2D eigenvalue weighted by Gasteiger charge is 2.45. The first kappa shape index (κ1) is 29.7. The van der Waals surface area contributed by atoms with Crippen LogP contribution in [0.1, 0.15) is 93.0 Å². The van der Waals surface area contributed by atoms with E-state index in [0.717, 1.165) is 28.0 Å². The minimum Gasteiger partial charge on any atom is -0.472 e. The van der Waals surface area contributed by atoms with E-state index in [2.05, 4.69) is 177 Å². The quantitative estimate of drug-likeness (QED) is 0.207. The topological polar surface area (TPSA) is 9.23 Å². The molecule has 0 aliphatic carbocycles. The molecular weight excluding hydrogens is 532 g/mol. The first-order valence-electron chi connectivity index (χ1n) is 15.8. The Balaban J connectivity index is 1.67. The van der Waals surface area contributed by atoms with Crippen molar-refractivity contribution in [3.05, 3.63) is 166 Å². The number of benzene rings is 5. The van der Waals surface area contributed by atoms with Gasteiger partial charge in [0.05, 0.1) is 0 Å². The van der Waals surface area contributed by atoms with Crippen molar-refractivity contribution < 1.29 is 4.74 Å². The maximum Gasteiger partial charge on any atom is 0.185 e. The Hall–Kier alpha value is -4.36. The Kier molecular flexibility index (Phi) is 7.41. The van der Waals surface area contributed by atoms with E-state index in [4.69, 9.17) is 4.74 Å². The summed E-state index contributed by atoms with van der Waals surface area (Å²) in [7, 11) is 0. The van der Waals surface area contributed by atoms with Gasteiger partial charge in [0.15, 0.2) is 5.60 Å². The zero-order valence-corrected chi connectivity index (χ0v) is 27.5. The minimum absolute atomic E-state index is 0.0543. The van der Waals surface area contributed by atoms with Crippen molar-refractivity contribution in [1.82, 2.24) is 0 Å². The van der Waals surface area contributed by atoms with Gasteiger partial charge < -0.3 is 4.74 Å². The number of hydrogen-bond donors (Lipinski definition) is 0. The summed E-state index contributed by atoms with van der Waals surface area (Å²) in [6, 6.07) is 42.4. The third-order valence-electron chi connectivity index (χ3n) is 9.09. The van der Waals surface area contributed by atoms with Gasteiger partial charge in [-0.05, 0) is 75.8 Å². The standard InChI is InChI=1S/C43H44O/c1-9-36(30-13-11-10-12-14-30)31-16-26-37-38-25-15-29(2)27-40(38)44-43(39(37)28-31,34-21-17-32(18-22-34)41(3,4)5)35-23-19-33(20-24-35)42(6,7)8/h9-28H,1-8H3. The molecule has 222 valence electrons. The summed E-state index contributed by atoms with van der Waals surface area (Å²) in [5.74, 6) is 0.916. The molecule has 1 heterocycles. The Morgan fingerprint density at radius 3 is 1.66 bits per heavy atom. The molecule has 1 aliphatic rings. The van der Waals surface area contributed by atoms with Crippen molar-refractivity contribution in [1.29, 1.82) is 0 Å². The molecule has 6 rings (SSSR count). The lowest BCUT2D eigenvalue weighted by Gasteiger charge is -2.42. The zero-order chi connectivity index (χ0) is 31.3. The van der Waals surface area contributed by atoms with Crippen molar-refractivity contribution in [2.75, 3.05) is 0 Å². The lowest BCUT2D eigenvalue weighted by molar-refractivity contribution is 0.152. The number of rotatable bonds is 4. The first-order valence-corrected chi connectivity index (χ1v) is 15.8. The van der Waals surface area contributed by atoms with Crippen LogP contribution in [0.15, 0.2) is 121 Å². The Labute approximate surface area is 264 Å². The molecule has 1 aliphatic heterocycles. The molecule has 0 fully saturated rings. The number of allylic oxidation sites excluding steroid dienone is 1. The van der Waals surface area contributed by atoms with E-state index >= 15 is 0 Å². The first-order chi connectivity index (χ1) is 20.9. The van der Waals surface area contributed by atoms with Crippen LogP contribution in [-0.2, 0) is 16.4 Å². The molecule has 0 radical (unpaired) electrons. The summed E-state index contributed by atoms with van der Waals surface area (Å²) < 4.78 is 7.40. The van der Waals surface area contributed by atoms with Crippen molar-refractivity contribution in [3.8, 4) is 16.9 Å². The number of aryl methyl sites for hydroxylation is 1. The van der Waals surface area contributed by atoms with E-state index in [9.17, 15) is 0 Å². The minimum atomic E-state index is -0.839. The van der Waals surface area contributed by atoms with Gasteiger partial charge in [0.1, 0.15) is 5.75 Å². The third kappa shape index (κ3) is 5.19. The van der Waals surface area contributed by atoms with Crippen LogP contribution in [-0.4, -0.2) is 0 Å². The van der Waals surface area contributed by atoms with Crippen LogP contribution < -0.4 is 4.74 Å². The highest BCUT2D eigenvalue weighted by Crippen LogP contribution is 2.52. The highest BCUT2D eigenvalue weighted by molar-refractivity contribution is 5.85. The fraction of sp³-hybridized carbons (Fsp3) is 0.256. The number of hydrogen-bond acceptors (Lipinski definition) is 1. The van der Waals surface area contributed by atoms with E-state index in [0.29, 0.717) is 0 Å². The molecule has 1 nitrogen and oxygen atoms in total. The van der Waals surface area contributed by atoms with Gasteiger partial charge in [0, 0.05) is 22.3 Å². The fourth-order valence-corrected chi connectivity index (χ4v) is 6.52. The van der Waals surface area contributed by atoms with Gasteiger partial charge in [-0.15, -0.1) is 0 Å². The van der Waals surface area contributed by atoms with E-state index in [-0.39, 0.29) is 10.8 Å². The lowest BCUT2D eigenvalue weighted by Crippen LogP contribution is -2.39. The van der Waals surface area contributed by atoms with Crippen molar-refractivity contribution >= 4 is 5.57 Å². The molecule has 0 unspecified atom stereocenters. The monoisotopic (exact) mass is 576 g/mol. The molecule has 5 aromatic rings. The lowest BCUT2D eigenvalue weighted by atomic mass is 9.73. The second kappa shape index (κ2) is 11.0. The van der Waals surface area contributed by atoms with Crippen LogP contribution in [0.5, 0.6) is 5.75 Å². The highest BCUT2D eigenvalue weighted by atomic mass is 16.5. The van der Waals surface area contributed by atoms with E-state index in [1.54, 1.807) is 0 Å². The van der Waals surface area contributed by atoms with Crippen molar-refractivity contribution in [2.24, 2.45) is 0 Å². The maximum atomic E-state index is 7.40. The van der Waals surface area contributed by atoms with Crippen LogP contribution in [0.25, 0.3) is 16.7 Å². The van der Waals surface area contributed by atoms with Crippen LogP contribution in [0.4, 0.5) is 0 Å². The second-order valence-corrected chi connectivity index (χ2v) is 14.3. The van der Waals surface area contributed by atoms with Gasteiger partial charge in [-0.3, -0.25) is 0 Å². The molecule has 0 saturated carbocycles. The Bertz CT molecular complexity index is 1770. The summed E-state index contributed by atoms with van der Waals surface area (Å²) in [4.78, 5) is 0. The number of fused-ring (bicyclic) bond motifs is 3. The second-order valence-electron chi connectivity index (χ2n) is 14.3. The van der Waals surface area contributed by atoms with E-state index < -0.39 is 5.60 Å². The van der Waals surface area contributed by atoms with Gasteiger partial charge in [-0.25, -0.2) is 0 Å². The van der Waals surface area contributed by atoms with Gasteiger partial charge in [0.25, 0.3) is 0 Å². The molecule has 0 atom stereocenters. The molecule has 44 heavy (non-hydrogen) atoms. The summed E-state index contributed by atoms with van der Waals surface area (Å²) >= 11 is 0. The van der Waals surface area contributed by atoms with Gasteiger partial charge in [0.2, 0.25) is 0 Å². The van der Waals surface area contributed by atoms with Gasteiger partial charge in [-0.2, -0.15) is 0 Å². The summed E-state index contributed by atoms with van der Waals surface area (Å²) in [5.41, 5.74) is 12.4. The summed E-state index contributed by atoms with van der Waals surface area (Å²) in [5, 5.41) is 0. The van der Waals surface area contributed by atoms with Crippen LogP contribution in [0, 0.1) is 6.92 Å². The summed E-state index contributed by atoms with van der Waals surface area (Å²) in [6.45, 7) is 17.9. The van der Waals surface area contributed by atoms with Crippen LogP contribution in [0.3, 0.4) is 0 Å². The van der Waals surface area contributed by atoms with Crippen molar-refractivity contribution in [3.63, 3.8) is 0 Å². The average Bonchev–Trinajstić information content (AvgIpc) is 3.00. The summed E-state index contributed by atoms with van der Waals surface area (Å²) in [6.07, 6.45) is 2.22. The molecule has 1 heteroatoms. The van der Waals surface area contributed by atoms with Gasteiger partial charge >= 0.3 is 0 Å². The van der Waals surface area contributed by atoms with Crippen LogP contribution in [0.2, 0.25) is 0 Å². The SMILES string of the molecule is CC=C(c1ccccc1)c1ccc2c(c1)C(c1ccc(C(C)(C)C)cc1)(c1ccc(C(C)(C)C)cc1)Oc1cc(C)ccc1-2. The van der Waals surface area contributed by atoms with E-state index in [1.807, 2.05) is 0 Å². The Morgan fingerprint density at radius 1 is 0.591 bits per heavy atom. The molecule has 0 spiro atoms. The number of ether oxygens (including phenoxy) is 1. The van der Waals surface area contributed by atoms with E-state index in [1.165, 1.54) is 39.0 Å². The largest absolute Gasteiger partial charge is 0.472 e. The predicted molar refractivity (Wildman–Crippen MR) is 187 cm³/mol. The van der Waals surface area contributed by atoms with Crippen LogP contribution >= 0.6 is 0 Å². The predicted octanol–water partition coefficient (Wildman–Crippen LogP) is 11.4. The normalized spacial score (nSPS) is 14.4. The smallest absolute Gasteiger partial charge is 0.185 e. The zero-order valence-electron chi connectivity index (χ0n) is 27.5. The molecule has 0 bridgehead atoms. The molecule has 0 aromatic heterocycles. The molecule has 0 saturated heterocycles.